The smallest absolute Gasteiger partial charge is 0.410 e. The highest BCUT2D eigenvalue weighted by Crippen LogP contribution is 2.59. The number of nitrogens with zero attached hydrogens (tertiary/aromatic N) is 1. The average Bonchev–Trinajstić information content (AvgIpc) is 2.67. The van der Waals surface area contributed by atoms with Gasteiger partial charge in [0.1, 0.15) is 5.60 Å². The van der Waals surface area contributed by atoms with E-state index in [2.05, 4.69) is 0 Å². The molecule has 3 aliphatic rings. The molecule has 17 heavy (non-hydrogen) atoms. The molecule has 3 aliphatic carbocycles. The van der Waals surface area contributed by atoms with E-state index >= 15 is 0 Å². The summed E-state index contributed by atoms with van der Waals surface area (Å²) >= 11 is 0. The van der Waals surface area contributed by atoms with E-state index in [1.807, 2.05) is 27.8 Å². The summed E-state index contributed by atoms with van der Waals surface area (Å²) in [5.74, 6) is 0.555. The maximum absolute atomic E-state index is 11.9. The fraction of sp³-hybridized carbons (Fsp3) is 0.923. The molecule has 0 saturated heterocycles. The quantitative estimate of drug-likeness (QED) is 0.804. The Morgan fingerprint density at radius 3 is 2.41 bits per heavy atom. The lowest BCUT2D eigenvalue weighted by Gasteiger charge is -2.37. The van der Waals surface area contributed by atoms with Crippen molar-refractivity contribution in [2.75, 3.05) is 13.7 Å². The number of aliphatic hydroxyl groups is 1. The van der Waals surface area contributed by atoms with Gasteiger partial charge in [-0.1, -0.05) is 0 Å². The molecule has 0 aromatic heterocycles. The van der Waals surface area contributed by atoms with Crippen LogP contribution >= 0.6 is 0 Å². The average molecular weight is 241 g/mol. The van der Waals surface area contributed by atoms with Crippen LogP contribution in [0.15, 0.2) is 0 Å². The Kier molecular flexibility index (Phi) is 2.89. The summed E-state index contributed by atoms with van der Waals surface area (Å²) in [5.41, 5.74) is -0.340. The van der Waals surface area contributed by atoms with Crippen molar-refractivity contribution in [3.05, 3.63) is 0 Å². The van der Waals surface area contributed by atoms with E-state index in [0.717, 1.165) is 19.3 Å². The summed E-state index contributed by atoms with van der Waals surface area (Å²) in [6, 6.07) is 0.247. The SMILES string of the molecule is CN(C(=O)OC(C)(C)C)C1CC2(CO)CC1C2. The van der Waals surface area contributed by atoms with Gasteiger partial charge in [-0.3, -0.25) is 0 Å². The van der Waals surface area contributed by atoms with Crippen LogP contribution < -0.4 is 0 Å². The second kappa shape index (κ2) is 3.87. The Bertz CT molecular complexity index is 315. The Morgan fingerprint density at radius 1 is 1.41 bits per heavy atom. The van der Waals surface area contributed by atoms with E-state index in [0.29, 0.717) is 5.92 Å². The summed E-state index contributed by atoms with van der Waals surface area (Å²) < 4.78 is 5.37. The first kappa shape index (κ1) is 12.7. The highest BCUT2D eigenvalue weighted by molar-refractivity contribution is 5.68. The second-order valence-corrected chi connectivity index (χ2v) is 6.69. The number of carbonyl (C=O) groups is 1. The van der Waals surface area contributed by atoms with Gasteiger partial charge in [-0.05, 0) is 51.4 Å². The molecule has 3 rings (SSSR count). The standard InChI is InChI=1S/C13H23NO3/c1-12(2,3)17-11(16)14(4)10-7-13(8-15)5-9(10)6-13/h9-10,15H,5-8H2,1-4H3. The molecule has 4 heteroatoms. The molecule has 1 amide bonds. The lowest BCUT2D eigenvalue weighted by atomic mass is 9.70. The van der Waals surface area contributed by atoms with Gasteiger partial charge in [0, 0.05) is 19.7 Å². The maximum atomic E-state index is 11.9. The summed E-state index contributed by atoms with van der Waals surface area (Å²) in [6.45, 7) is 5.88. The molecule has 0 heterocycles. The van der Waals surface area contributed by atoms with Crippen molar-refractivity contribution in [2.45, 2.75) is 51.7 Å². The van der Waals surface area contributed by atoms with Gasteiger partial charge in [-0.15, -0.1) is 0 Å². The molecule has 3 saturated carbocycles. The maximum Gasteiger partial charge on any atom is 0.410 e. The first-order chi connectivity index (χ1) is 7.76. The third-order valence-electron chi connectivity index (χ3n) is 4.09. The van der Waals surface area contributed by atoms with Crippen LogP contribution in [0, 0.1) is 11.3 Å². The van der Waals surface area contributed by atoms with Crippen molar-refractivity contribution >= 4 is 6.09 Å². The number of carbonyl (C=O) groups excluding carboxylic acids is 1. The second-order valence-electron chi connectivity index (χ2n) is 6.69. The van der Waals surface area contributed by atoms with Crippen LogP contribution in [-0.4, -0.2) is 41.4 Å². The van der Waals surface area contributed by atoms with Crippen LogP contribution in [0.25, 0.3) is 0 Å². The Hall–Kier alpha value is -0.770. The number of amides is 1. The predicted octanol–water partition coefficient (Wildman–Crippen LogP) is 2.01. The number of fused-ring (bicyclic) bond motifs is 1. The van der Waals surface area contributed by atoms with Crippen LogP contribution in [0.5, 0.6) is 0 Å². The van der Waals surface area contributed by atoms with E-state index < -0.39 is 5.60 Å². The Labute approximate surface area is 103 Å². The van der Waals surface area contributed by atoms with Gasteiger partial charge < -0.3 is 14.7 Å². The summed E-state index contributed by atoms with van der Waals surface area (Å²) in [5, 5.41) is 9.35. The zero-order valence-corrected chi connectivity index (χ0v) is 11.2. The van der Waals surface area contributed by atoms with Gasteiger partial charge in [0.05, 0.1) is 0 Å². The fourth-order valence-corrected chi connectivity index (χ4v) is 3.22. The molecular weight excluding hydrogens is 218 g/mol. The highest BCUT2D eigenvalue weighted by Gasteiger charge is 2.57. The van der Waals surface area contributed by atoms with Gasteiger partial charge in [0.25, 0.3) is 0 Å². The molecule has 1 N–H and O–H groups in total. The minimum atomic E-state index is -0.443. The van der Waals surface area contributed by atoms with Gasteiger partial charge in [0.15, 0.2) is 0 Å². The third kappa shape index (κ3) is 2.28. The molecule has 1 atom stereocenters. The number of rotatable bonds is 2. The topological polar surface area (TPSA) is 49.8 Å². The molecular formula is C13H23NO3. The molecule has 3 fully saturated rings. The number of ether oxygens (including phenoxy) is 1. The molecule has 0 aromatic carbocycles. The number of hydrogen-bond acceptors (Lipinski definition) is 3. The minimum Gasteiger partial charge on any atom is -0.444 e. The third-order valence-corrected chi connectivity index (χ3v) is 4.09. The van der Waals surface area contributed by atoms with Crippen LogP contribution in [0.1, 0.15) is 40.0 Å². The van der Waals surface area contributed by atoms with Crippen molar-refractivity contribution in [3.63, 3.8) is 0 Å². The summed E-state index contributed by atoms with van der Waals surface area (Å²) in [4.78, 5) is 13.7. The first-order valence-electron chi connectivity index (χ1n) is 6.33. The van der Waals surface area contributed by atoms with Gasteiger partial charge in [0.2, 0.25) is 0 Å². The van der Waals surface area contributed by atoms with Crippen LogP contribution in [0.3, 0.4) is 0 Å². The van der Waals surface area contributed by atoms with Crippen molar-refractivity contribution in [1.82, 2.24) is 4.90 Å². The normalized spacial score (nSPS) is 35.4. The van der Waals surface area contributed by atoms with E-state index in [1.54, 1.807) is 4.90 Å². The predicted molar refractivity (Wildman–Crippen MR) is 64.6 cm³/mol. The van der Waals surface area contributed by atoms with Crippen molar-refractivity contribution in [2.24, 2.45) is 11.3 Å². The van der Waals surface area contributed by atoms with Gasteiger partial charge in [-0.2, -0.15) is 0 Å². The van der Waals surface area contributed by atoms with Crippen molar-refractivity contribution in [3.8, 4) is 0 Å². The van der Waals surface area contributed by atoms with Crippen LogP contribution in [0.4, 0.5) is 4.79 Å². The lowest BCUT2D eigenvalue weighted by molar-refractivity contribution is 0.0178. The molecule has 0 spiro atoms. The highest BCUT2D eigenvalue weighted by atomic mass is 16.6. The summed E-state index contributed by atoms with van der Waals surface area (Å²) in [6.07, 6.45) is 2.79. The van der Waals surface area contributed by atoms with Gasteiger partial charge >= 0.3 is 6.09 Å². The van der Waals surface area contributed by atoms with Gasteiger partial charge in [-0.25, -0.2) is 4.79 Å². The van der Waals surface area contributed by atoms with Crippen molar-refractivity contribution in [1.29, 1.82) is 0 Å². The molecule has 1 unspecified atom stereocenters. The molecule has 0 aromatic rings. The summed E-state index contributed by atoms with van der Waals surface area (Å²) in [7, 11) is 1.81. The first-order valence-corrected chi connectivity index (χ1v) is 6.33. The molecule has 0 radical (unpaired) electrons. The van der Waals surface area contributed by atoms with E-state index in [9.17, 15) is 9.90 Å². The van der Waals surface area contributed by atoms with Crippen LogP contribution in [-0.2, 0) is 4.74 Å². The Balaban J connectivity index is 1.94. The largest absolute Gasteiger partial charge is 0.444 e. The molecule has 98 valence electrons. The van der Waals surface area contributed by atoms with E-state index in [1.165, 1.54) is 0 Å². The van der Waals surface area contributed by atoms with Crippen molar-refractivity contribution < 1.29 is 14.6 Å². The number of aliphatic hydroxyl groups excluding tert-OH is 1. The molecule has 2 bridgehead atoms. The Morgan fingerprint density at radius 2 is 2.00 bits per heavy atom. The fourth-order valence-electron chi connectivity index (χ4n) is 3.22. The zero-order valence-electron chi connectivity index (χ0n) is 11.2. The van der Waals surface area contributed by atoms with E-state index in [-0.39, 0.29) is 24.2 Å². The lowest BCUT2D eigenvalue weighted by Crippen LogP contribution is -2.42. The van der Waals surface area contributed by atoms with Crippen LogP contribution in [0.2, 0.25) is 0 Å². The molecule has 0 aliphatic heterocycles. The number of hydrogen-bond donors (Lipinski definition) is 1. The zero-order chi connectivity index (χ0) is 12.8. The molecule has 4 nitrogen and oxygen atoms in total. The van der Waals surface area contributed by atoms with E-state index in [4.69, 9.17) is 4.74 Å². The minimum absolute atomic E-state index is 0.103. The monoisotopic (exact) mass is 241 g/mol.